The lowest BCUT2D eigenvalue weighted by Crippen LogP contribution is -2.51. The molecule has 1 saturated heterocycles. The number of sulfonamides is 1. The molecule has 0 radical (unpaired) electrons. The van der Waals surface area contributed by atoms with E-state index < -0.39 is 10.0 Å². The number of piperazine rings is 1. The maximum atomic E-state index is 12.7. The first-order valence-electron chi connectivity index (χ1n) is 8.60. The lowest BCUT2D eigenvalue weighted by molar-refractivity contribution is -0.137. The molecule has 1 aromatic rings. The summed E-state index contributed by atoms with van der Waals surface area (Å²) >= 11 is 0. The van der Waals surface area contributed by atoms with Crippen LogP contribution in [0.2, 0.25) is 0 Å². The summed E-state index contributed by atoms with van der Waals surface area (Å²) in [5, 5.41) is 0. The second-order valence-corrected chi connectivity index (χ2v) is 8.32. The first-order chi connectivity index (χ1) is 12.0. The molecule has 1 heterocycles. The van der Waals surface area contributed by atoms with Crippen LogP contribution in [0.1, 0.15) is 19.3 Å². The van der Waals surface area contributed by atoms with Crippen LogP contribution in [0.15, 0.2) is 41.3 Å². The van der Waals surface area contributed by atoms with Crippen molar-refractivity contribution in [2.45, 2.75) is 24.2 Å². The number of benzene rings is 1. The summed E-state index contributed by atoms with van der Waals surface area (Å²) in [4.78, 5) is 14.6. The van der Waals surface area contributed by atoms with Crippen LogP contribution < -0.4 is 4.74 Å². The molecule has 1 aromatic carbocycles. The van der Waals surface area contributed by atoms with Gasteiger partial charge in [0.05, 0.1) is 12.0 Å². The van der Waals surface area contributed by atoms with E-state index in [0.29, 0.717) is 31.9 Å². The van der Waals surface area contributed by atoms with Gasteiger partial charge in [0.15, 0.2) is 0 Å². The molecule has 0 saturated carbocycles. The standard InChI is InChI=1S/C18H24N2O4S/c1-24-16-7-9-17(10-8-16)25(22,23)20-13-11-19(12-14-20)18(21)15-5-3-2-4-6-15/h2-3,7-10,15H,4-6,11-14H2,1H3/t15-/m0/s1. The molecule has 7 heteroatoms. The van der Waals surface area contributed by atoms with Gasteiger partial charge in [0.2, 0.25) is 15.9 Å². The molecule has 0 N–H and O–H groups in total. The van der Waals surface area contributed by atoms with Gasteiger partial charge in [0.25, 0.3) is 0 Å². The minimum atomic E-state index is -3.53. The minimum Gasteiger partial charge on any atom is -0.497 e. The number of rotatable bonds is 4. The summed E-state index contributed by atoms with van der Waals surface area (Å²) in [6.07, 6.45) is 6.81. The molecule has 2 aliphatic rings. The number of nitrogens with zero attached hydrogens (tertiary/aromatic N) is 2. The molecule has 1 atom stereocenters. The Balaban J connectivity index is 1.62. The number of carbonyl (C=O) groups is 1. The normalized spacial score (nSPS) is 22.0. The predicted octanol–water partition coefficient (Wildman–Crippen LogP) is 1.88. The SMILES string of the molecule is COc1ccc(S(=O)(=O)N2CCN(C(=O)[C@H]3CC=CCC3)CC2)cc1. The van der Waals surface area contributed by atoms with Crippen molar-refractivity contribution in [3.63, 3.8) is 0 Å². The third kappa shape index (κ3) is 3.88. The smallest absolute Gasteiger partial charge is 0.243 e. The van der Waals surface area contributed by atoms with Gasteiger partial charge in [-0.3, -0.25) is 4.79 Å². The summed E-state index contributed by atoms with van der Waals surface area (Å²) in [6, 6.07) is 6.40. The Kier molecular flexibility index (Phi) is 5.44. The van der Waals surface area contributed by atoms with Gasteiger partial charge in [-0.05, 0) is 43.5 Å². The topological polar surface area (TPSA) is 66.9 Å². The Morgan fingerprint density at radius 1 is 1.08 bits per heavy atom. The molecule has 6 nitrogen and oxygen atoms in total. The van der Waals surface area contributed by atoms with Gasteiger partial charge in [0, 0.05) is 32.1 Å². The molecule has 136 valence electrons. The number of methoxy groups -OCH3 is 1. The van der Waals surface area contributed by atoms with Crippen molar-refractivity contribution in [2.24, 2.45) is 5.92 Å². The number of carbonyl (C=O) groups excluding carboxylic acids is 1. The number of amides is 1. The predicted molar refractivity (Wildman–Crippen MR) is 94.8 cm³/mol. The fourth-order valence-corrected chi connectivity index (χ4v) is 4.74. The average molecular weight is 364 g/mol. The molecule has 1 aliphatic heterocycles. The van der Waals surface area contributed by atoms with Gasteiger partial charge in [-0.25, -0.2) is 8.42 Å². The van der Waals surface area contributed by atoms with E-state index in [1.807, 2.05) is 4.90 Å². The molecular formula is C18H24N2O4S. The van der Waals surface area contributed by atoms with Gasteiger partial charge in [0.1, 0.15) is 5.75 Å². The number of hydrogen-bond acceptors (Lipinski definition) is 4. The van der Waals surface area contributed by atoms with Crippen molar-refractivity contribution in [3.05, 3.63) is 36.4 Å². The molecule has 1 amide bonds. The summed E-state index contributed by atoms with van der Waals surface area (Å²) in [7, 11) is -1.99. The highest BCUT2D eigenvalue weighted by molar-refractivity contribution is 7.89. The highest BCUT2D eigenvalue weighted by atomic mass is 32.2. The molecule has 25 heavy (non-hydrogen) atoms. The molecule has 0 spiro atoms. The Morgan fingerprint density at radius 3 is 2.32 bits per heavy atom. The van der Waals surface area contributed by atoms with Gasteiger partial charge in [-0.2, -0.15) is 4.31 Å². The second-order valence-electron chi connectivity index (χ2n) is 6.39. The van der Waals surface area contributed by atoms with Crippen LogP contribution in [-0.4, -0.2) is 56.8 Å². The minimum absolute atomic E-state index is 0.0507. The molecule has 1 fully saturated rings. The fraction of sp³-hybridized carbons (Fsp3) is 0.500. The van der Waals surface area contributed by atoms with Crippen molar-refractivity contribution in [1.82, 2.24) is 9.21 Å². The van der Waals surface area contributed by atoms with E-state index in [1.54, 1.807) is 31.4 Å². The fourth-order valence-electron chi connectivity index (χ4n) is 3.32. The van der Waals surface area contributed by atoms with E-state index in [9.17, 15) is 13.2 Å². The van der Waals surface area contributed by atoms with Crippen molar-refractivity contribution in [2.75, 3.05) is 33.3 Å². The molecule has 0 bridgehead atoms. The van der Waals surface area contributed by atoms with Crippen LogP contribution in [0.3, 0.4) is 0 Å². The number of allylic oxidation sites excluding steroid dienone is 2. The Labute approximate surface area is 149 Å². The van der Waals surface area contributed by atoms with Crippen LogP contribution in [0.5, 0.6) is 5.75 Å². The zero-order valence-corrected chi connectivity index (χ0v) is 15.2. The van der Waals surface area contributed by atoms with E-state index in [4.69, 9.17) is 4.74 Å². The van der Waals surface area contributed by atoms with E-state index in [2.05, 4.69) is 12.2 Å². The zero-order chi connectivity index (χ0) is 17.9. The quantitative estimate of drug-likeness (QED) is 0.765. The highest BCUT2D eigenvalue weighted by Gasteiger charge is 2.32. The van der Waals surface area contributed by atoms with Crippen LogP contribution in [0, 0.1) is 5.92 Å². The van der Waals surface area contributed by atoms with E-state index >= 15 is 0 Å². The van der Waals surface area contributed by atoms with Gasteiger partial charge < -0.3 is 9.64 Å². The van der Waals surface area contributed by atoms with E-state index in [-0.39, 0.29) is 16.7 Å². The lowest BCUT2D eigenvalue weighted by Gasteiger charge is -2.36. The largest absolute Gasteiger partial charge is 0.497 e. The van der Waals surface area contributed by atoms with Crippen molar-refractivity contribution in [3.8, 4) is 5.75 Å². The summed E-state index contributed by atoms with van der Waals surface area (Å²) in [6.45, 7) is 1.58. The van der Waals surface area contributed by atoms with Crippen LogP contribution in [0.4, 0.5) is 0 Å². The maximum absolute atomic E-state index is 12.7. The Bertz CT molecular complexity index is 735. The second kappa shape index (κ2) is 7.58. The average Bonchev–Trinajstić information content (AvgIpc) is 2.68. The Hall–Kier alpha value is -1.86. The molecule has 3 rings (SSSR count). The lowest BCUT2D eigenvalue weighted by atomic mass is 9.93. The third-order valence-corrected chi connectivity index (χ3v) is 6.78. The monoisotopic (exact) mass is 364 g/mol. The zero-order valence-electron chi connectivity index (χ0n) is 14.4. The highest BCUT2D eigenvalue weighted by Crippen LogP contribution is 2.24. The van der Waals surface area contributed by atoms with E-state index in [1.165, 1.54) is 4.31 Å². The molecule has 1 aliphatic carbocycles. The maximum Gasteiger partial charge on any atom is 0.243 e. The van der Waals surface area contributed by atoms with Crippen LogP contribution >= 0.6 is 0 Å². The van der Waals surface area contributed by atoms with Crippen molar-refractivity contribution < 1.29 is 17.9 Å². The summed E-state index contributed by atoms with van der Waals surface area (Å²) in [5.74, 6) is 0.830. The number of hydrogen-bond donors (Lipinski definition) is 0. The summed E-state index contributed by atoms with van der Waals surface area (Å²) in [5.41, 5.74) is 0. The first kappa shape index (κ1) is 17.9. The van der Waals surface area contributed by atoms with Gasteiger partial charge in [-0.1, -0.05) is 12.2 Å². The third-order valence-electron chi connectivity index (χ3n) is 4.87. The molecular weight excluding hydrogens is 340 g/mol. The Morgan fingerprint density at radius 2 is 1.76 bits per heavy atom. The van der Waals surface area contributed by atoms with Gasteiger partial charge in [-0.15, -0.1) is 0 Å². The van der Waals surface area contributed by atoms with Crippen LogP contribution in [0.25, 0.3) is 0 Å². The molecule has 0 aromatic heterocycles. The molecule has 0 unspecified atom stereocenters. The first-order valence-corrected chi connectivity index (χ1v) is 10.0. The summed E-state index contributed by atoms with van der Waals surface area (Å²) < 4.78 is 32.0. The van der Waals surface area contributed by atoms with E-state index in [0.717, 1.165) is 19.3 Å². The number of ether oxygens (including phenoxy) is 1. The van der Waals surface area contributed by atoms with Crippen molar-refractivity contribution >= 4 is 15.9 Å². The van der Waals surface area contributed by atoms with Gasteiger partial charge >= 0.3 is 0 Å². The van der Waals surface area contributed by atoms with Crippen LogP contribution in [-0.2, 0) is 14.8 Å². The van der Waals surface area contributed by atoms with Crippen molar-refractivity contribution in [1.29, 1.82) is 0 Å².